The van der Waals surface area contributed by atoms with Crippen molar-refractivity contribution in [2.24, 2.45) is 0 Å². The summed E-state index contributed by atoms with van der Waals surface area (Å²) in [6.45, 7) is 0.542. The summed E-state index contributed by atoms with van der Waals surface area (Å²) < 4.78 is 6.23. The van der Waals surface area contributed by atoms with Crippen LogP contribution in [0.15, 0.2) is 57.5 Å². The van der Waals surface area contributed by atoms with E-state index in [-0.39, 0.29) is 5.91 Å². The number of nitrogens with zero attached hydrogens (tertiary/aromatic N) is 3. The normalized spacial score (nSPS) is 10.7. The molecule has 3 rings (SSSR count). The van der Waals surface area contributed by atoms with E-state index < -0.39 is 0 Å². The van der Waals surface area contributed by atoms with Crippen LogP contribution in [0.25, 0.3) is 11.4 Å². The number of aryl methyl sites for hydroxylation is 1. The van der Waals surface area contributed by atoms with Crippen molar-refractivity contribution in [2.45, 2.75) is 19.4 Å². The van der Waals surface area contributed by atoms with Gasteiger partial charge >= 0.3 is 0 Å². The van der Waals surface area contributed by atoms with Gasteiger partial charge in [-0.2, -0.15) is 4.98 Å². The van der Waals surface area contributed by atoms with Gasteiger partial charge in [-0.15, -0.1) is 0 Å². The Kier molecular flexibility index (Phi) is 6.06. The van der Waals surface area contributed by atoms with Crippen LogP contribution in [0, 0.1) is 0 Å². The fraction of sp³-hybridized carbons (Fsp3) is 0.211. The lowest BCUT2D eigenvalue weighted by molar-refractivity contribution is -0.130. The van der Waals surface area contributed by atoms with Gasteiger partial charge in [-0.3, -0.25) is 4.79 Å². The first-order valence-electron chi connectivity index (χ1n) is 8.09. The Bertz CT molecular complexity index is 896. The minimum atomic E-state index is 0.0204. The molecule has 0 N–H and O–H groups in total. The van der Waals surface area contributed by atoms with Crippen molar-refractivity contribution in [1.29, 1.82) is 0 Å². The van der Waals surface area contributed by atoms with E-state index in [1.165, 1.54) is 0 Å². The predicted molar refractivity (Wildman–Crippen MR) is 104 cm³/mol. The van der Waals surface area contributed by atoms with Crippen LogP contribution in [-0.2, 0) is 17.8 Å². The number of halogens is 2. The van der Waals surface area contributed by atoms with Crippen LogP contribution in [0.2, 0.25) is 5.02 Å². The summed E-state index contributed by atoms with van der Waals surface area (Å²) >= 11 is 9.38. The van der Waals surface area contributed by atoms with E-state index >= 15 is 0 Å². The molecule has 7 heteroatoms. The smallest absolute Gasteiger partial charge is 0.227 e. The van der Waals surface area contributed by atoms with Gasteiger partial charge in [0.05, 0.1) is 0 Å². The van der Waals surface area contributed by atoms with Gasteiger partial charge in [0.2, 0.25) is 17.6 Å². The van der Waals surface area contributed by atoms with E-state index in [4.69, 9.17) is 16.1 Å². The SMILES string of the molecule is CN(Cc1ccccc1Br)C(=O)CCc1nc(-c2ccc(Cl)cc2)no1. The highest BCUT2D eigenvalue weighted by Gasteiger charge is 2.14. The van der Waals surface area contributed by atoms with Gasteiger partial charge in [0, 0.05) is 41.5 Å². The first-order valence-corrected chi connectivity index (χ1v) is 9.26. The van der Waals surface area contributed by atoms with Crippen LogP contribution < -0.4 is 0 Å². The van der Waals surface area contributed by atoms with E-state index in [0.717, 1.165) is 15.6 Å². The summed E-state index contributed by atoms with van der Waals surface area (Å²) in [6, 6.07) is 15.1. The second kappa shape index (κ2) is 8.47. The number of hydrogen-bond donors (Lipinski definition) is 0. The lowest BCUT2D eigenvalue weighted by atomic mass is 10.2. The van der Waals surface area contributed by atoms with Crippen molar-refractivity contribution in [2.75, 3.05) is 7.05 Å². The molecule has 26 heavy (non-hydrogen) atoms. The lowest BCUT2D eigenvalue weighted by Crippen LogP contribution is -2.26. The van der Waals surface area contributed by atoms with Gasteiger partial charge in [0.1, 0.15) is 0 Å². The zero-order valence-electron chi connectivity index (χ0n) is 14.2. The second-order valence-electron chi connectivity index (χ2n) is 5.86. The summed E-state index contributed by atoms with van der Waals surface area (Å²) in [5.41, 5.74) is 1.88. The van der Waals surface area contributed by atoms with E-state index in [1.807, 2.05) is 36.4 Å². The molecule has 2 aromatic carbocycles. The molecule has 0 saturated carbocycles. The number of benzene rings is 2. The van der Waals surface area contributed by atoms with Crippen LogP contribution in [0.5, 0.6) is 0 Å². The molecule has 0 fully saturated rings. The maximum absolute atomic E-state index is 12.4. The Morgan fingerprint density at radius 1 is 1.19 bits per heavy atom. The molecule has 3 aromatic rings. The average Bonchev–Trinajstić information content (AvgIpc) is 3.11. The number of aromatic nitrogens is 2. The van der Waals surface area contributed by atoms with Crippen molar-refractivity contribution in [3.8, 4) is 11.4 Å². The number of amides is 1. The zero-order chi connectivity index (χ0) is 18.5. The van der Waals surface area contributed by atoms with Crippen LogP contribution >= 0.6 is 27.5 Å². The molecule has 0 radical (unpaired) electrons. The quantitative estimate of drug-likeness (QED) is 0.562. The number of rotatable bonds is 6. The Morgan fingerprint density at radius 3 is 2.65 bits per heavy atom. The first kappa shape index (κ1) is 18.6. The van der Waals surface area contributed by atoms with Crippen molar-refractivity contribution in [3.05, 3.63) is 69.5 Å². The number of carbonyl (C=O) groups is 1. The van der Waals surface area contributed by atoms with Gasteiger partial charge in [-0.25, -0.2) is 0 Å². The van der Waals surface area contributed by atoms with Crippen LogP contribution in [-0.4, -0.2) is 28.0 Å². The maximum Gasteiger partial charge on any atom is 0.227 e. The minimum absolute atomic E-state index is 0.0204. The Labute approximate surface area is 165 Å². The minimum Gasteiger partial charge on any atom is -0.341 e. The van der Waals surface area contributed by atoms with E-state index in [2.05, 4.69) is 26.1 Å². The third-order valence-electron chi connectivity index (χ3n) is 3.91. The average molecular weight is 435 g/mol. The molecule has 0 aliphatic rings. The molecule has 1 heterocycles. The molecular formula is C19H17BrClN3O2. The van der Waals surface area contributed by atoms with Crippen molar-refractivity contribution >= 4 is 33.4 Å². The van der Waals surface area contributed by atoms with Crippen molar-refractivity contribution in [3.63, 3.8) is 0 Å². The molecule has 0 saturated heterocycles. The topological polar surface area (TPSA) is 59.2 Å². The number of hydrogen-bond acceptors (Lipinski definition) is 4. The molecule has 0 aliphatic heterocycles. The summed E-state index contributed by atoms with van der Waals surface area (Å²) in [5.74, 6) is 0.954. The molecule has 1 amide bonds. The van der Waals surface area contributed by atoms with E-state index in [0.29, 0.717) is 36.1 Å². The summed E-state index contributed by atoms with van der Waals surface area (Å²) in [6.07, 6.45) is 0.711. The molecular weight excluding hydrogens is 418 g/mol. The zero-order valence-corrected chi connectivity index (χ0v) is 16.5. The molecule has 5 nitrogen and oxygen atoms in total. The third-order valence-corrected chi connectivity index (χ3v) is 4.94. The highest BCUT2D eigenvalue weighted by molar-refractivity contribution is 9.10. The standard InChI is InChI=1S/C19H17BrClN3O2/c1-24(12-14-4-2-3-5-16(14)20)18(25)11-10-17-22-19(23-26-17)13-6-8-15(21)9-7-13/h2-9H,10-12H2,1H3. The van der Waals surface area contributed by atoms with E-state index in [9.17, 15) is 4.79 Å². The van der Waals surface area contributed by atoms with E-state index in [1.54, 1.807) is 24.1 Å². The van der Waals surface area contributed by atoms with Gasteiger partial charge < -0.3 is 9.42 Å². The molecule has 1 aromatic heterocycles. The van der Waals surface area contributed by atoms with Crippen molar-refractivity contribution in [1.82, 2.24) is 15.0 Å². The summed E-state index contributed by atoms with van der Waals surface area (Å²) in [5, 5.41) is 4.61. The van der Waals surface area contributed by atoms with Gasteiger partial charge in [0.15, 0.2) is 0 Å². The fourth-order valence-electron chi connectivity index (χ4n) is 2.45. The number of carbonyl (C=O) groups excluding carboxylic acids is 1. The molecule has 0 bridgehead atoms. The summed E-state index contributed by atoms with van der Waals surface area (Å²) in [4.78, 5) is 18.4. The molecule has 0 aliphatic carbocycles. The van der Waals surface area contributed by atoms with Crippen molar-refractivity contribution < 1.29 is 9.32 Å². The molecule has 134 valence electrons. The predicted octanol–water partition coefficient (Wildman–Crippen LogP) is 4.74. The largest absolute Gasteiger partial charge is 0.341 e. The Morgan fingerprint density at radius 2 is 1.92 bits per heavy atom. The fourth-order valence-corrected chi connectivity index (χ4v) is 2.98. The van der Waals surface area contributed by atoms with Crippen LogP contribution in [0.4, 0.5) is 0 Å². The first-order chi connectivity index (χ1) is 12.5. The van der Waals surface area contributed by atoms with Gasteiger partial charge in [0.25, 0.3) is 0 Å². The lowest BCUT2D eigenvalue weighted by Gasteiger charge is -2.17. The van der Waals surface area contributed by atoms with Crippen LogP contribution in [0.3, 0.4) is 0 Å². The monoisotopic (exact) mass is 433 g/mol. The molecule has 0 spiro atoms. The highest BCUT2D eigenvalue weighted by atomic mass is 79.9. The second-order valence-corrected chi connectivity index (χ2v) is 7.15. The summed E-state index contributed by atoms with van der Waals surface area (Å²) in [7, 11) is 1.79. The third kappa shape index (κ3) is 4.71. The molecule has 0 unspecified atom stereocenters. The Hall–Kier alpha value is -2.18. The van der Waals surface area contributed by atoms with Crippen LogP contribution in [0.1, 0.15) is 17.9 Å². The maximum atomic E-state index is 12.4. The van der Waals surface area contributed by atoms with Gasteiger partial charge in [-0.1, -0.05) is 50.9 Å². The molecule has 0 atom stereocenters. The highest BCUT2D eigenvalue weighted by Crippen LogP contribution is 2.20. The Balaban J connectivity index is 1.56. The van der Waals surface area contributed by atoms with Gasteiger partial charge in [-0.05, 0) is 35.9 Å².